The highest BCUT2D eigenvalue weighted by Gasteiger charge is 2.12. The molecule has 1 aliphatic rings. The summed E-state index contributed by atoms with van der Waals surface area (Å²) >= 11 is 0. The Morgan fingerprint density at radius 1 is 1.17 bits per heavy atom. The molecular formula is C23H27N3O3. The number of aliphatic hydroxyl groups excluding tert-OH is 1. The molecule has 29 heavy (non-hydrogen) atoms. The lowest BCUT2D eigenvalue weighted by atomic mass is 10.1. The Morgan fingerprint density at radius 3 is 2.62 bits per heavy atom. The minimum Gasteiger partial charge on any atom is -0.512 e. The van der Waals surface area contributed by atoms with Crippen LogP contribution >= 0.6 is 0 Å². The summed E-state index contributed by atoms with van der Waals surface area (Å²) < 4.78 is 0. The number of amides is 3. The molecule has 0 heterocycles. The summed E-state index contributed by atoms with van der Waals surface area (Å²) in [5.41, 5.74) is 3.84. The van der Waals surface area contributed by atoms with Gasteiger partial charge < -0.3 is 21.1 Å². The molecule has 1 aromatic carbocycles. The normalized spacial score (nSPS) is 19.1. The van der Waals surface area contributed by atoms with Crippen LogP contribution in [0.5, 0.6) is 0 Å². The van der Waals surface area contributed by atoms with Gasteiger partial charge in [-0.15, -0.1) is 0 Å². The van der Waals surface area contributed by atoms with Crippen LogP contribution in [0.1, 0.15) is 32.3 Å². The van der Waals surface area contributed by atoms with Crippen molar-refractivity contribution in [2.24, 2.45) is 0 Å². The zero-order valence-electron chi connectivity index (χ0n) is 17.0. The molecule has 0 fully saturated rings. The number of anilines is 2. The molecule has 0 aromatic heterocycles. The van der Waals surface area contributed by atoms with Gasteiger partial charge >= 0.3 is 6.03 Å². The summed E-state index contributed by atoms with van der Waals surface area (Å²) in [6.45, 7) is 8.82. The fourth-order valence-electron chi connectivity index (χ4n) is 2.76. The summed E-state index contributed by atoms with van der Waals surface area (Å²) in [6, 6.07) is 4.82. The third-order valence-electron chi connectivity index (χ3n) is 4.36. The number of rotatable bonds is 5. The van der Waals surface area contributed by atoms with Crippen LogP contribution in [0.25, 0.3) is 0 Å². The first-order valence-electron chi connectivity index (χ1n) is 9.36. The number of urea groups is 1. The fourth-order valence-corrected chi connectivity index (χ4v) is 2.76. The lowest BCUT2D eigenvalue weighted by Crippen LogP contribution is -2.27. The van der Waals surface area contributed by atoms with Crippen LogP contribution in [0.4, 0.5) is 16.2 Å². The van der Waals surface area contributed by atoms with Gasteiger partial charge in [0.1, 0.15) is 5.76 Å². The maximum Gasteiger partial charge on any atom is 0.323 e. The fraction of sp³-hybridized carbons (Fsp3) is 0.217. The Hall–Kier alpha value is -3.54. The molecule has 0 spiro atoms. The average molecular weight is 393 g/mol. The standard InChI is InChI=1S/C23H27N3O3/c1-5-20(17(4)27)22(28)26-21-14-19(12-11-16(21)3)25-23(29)24-18-10-8-6-7-9-15(2)13-18/h5-6,8,10-14,27H,1,7,9H2,2-4H3,(H,26,28)(H2,24,25,29)/b8-6-,15-13-,18-10+,20-17+. The van der Waals surface area contributed by atoms with Gasteiger partial charge in [0.25, 0.3) is 5.91 Å². The van der Waals surface area contributed by atoms with Crippen molar-refractivity contribution >= 4 is 23.3 Å². The third-order valence-corrected chi connectivity index (χ3v) is 4.36. The predicted molar refractivity (Wildman–Crippen MR) is 118 cm³/mol. The molecule has 0 aliphatic heterocycles. The Balaban J connectivity index is 2.12. The maximum atomic E-state index is 12.4. The molecule has 6 nitrogen and oxygen atoms in total. The van der Waals surface area contributed by atoms with Gasteiger partial charge in [-0.2, -0.15) is 0 Å². The van der Waals surface area contributed by atoms with Crippen LogP contribution in [0.2, 0.25) is 0 Å². The van der Waals surface area contributed by atoms with E-state index >= 15 is 0 Å². The van der Waals surface area contributed by atoms with Gasteiger partial charge in [-0.25, -0.2) is 4.79 Å². The summed E-state index contributed by atoms with van der Waals surface area (Å²) in [6.07, 6.45) is 11.0. The second kappa shape index (κ2) is 10.1. The van der Waals surface area contributed by atoms with E-state index in [9.17, 15) is 14.7 Å². The second-order valence-corrected chi connectivity index (χ2v) is 6.85. The smallest absolute Gasteiger partial charge is 0.323 e. The van der Waals surface area contributed by atoms with Crippen molar-refractivity contribution in [3.05, 3.63) is 83.3 Å². The molecule has 1 aromatic rings. The van der Waals surface area contributed by atoms with E-state index in [2.05, 4.69) is 28.6 Å². The predicted octanol–water partition coefficient (Wildman–Crippen LogP) is 5.25. The summed E-state index contributed by atoms with van der Waals surface area (Å²) in [4.78, 5) is 24.7. The third kappa shape index (κ3) is 6.53. The molecule has 0 saturated carbocycles. The van der Waals surface area contributed by atoms with Crippen LogP contribution in [-0.4, -0.2) is 17.0 Å². The molecule has 6 heteroatoms. The Bertz CT molecular complexity index is 933. The Kier molecular flexibility index (Phi) is 7.60. The monoisotopic (exact) mass is 393 g/mol. The summed E-state index contributed by atoms with van der Waals surface area (Å²) in [7, 11) is 0. The average Bonchev–Trinajstić information content (AvgIpc) is 2.62. The van der Waals surface area contributed by atoms with E-state index in [1.54, 1.807) is 18.2 Å². The van der Waals surface area contributed by atoms with E-state index in [4.69, 9.17) is 0 Å². The molecule has 2 rings (SSSR count). The van der Waals surface area contributed by atoms with Gasteiger partial charge in [-0.3, -0.25) is 4.79 Å². The highest BCUT2D eigenvalue weighted by Crippen LogP contribution is 2.21. The quantitative estimate of drug-likeness (QED) is 0.313. The molecule has 0 unspecified atom stereocenters. The lowest BCUT2D eigenvalue weighted by molar-refractivity contribution is -0.112. The highest BCUT2D eigenvalue weighted by atomic mass is 16.3. The van der Waals surface area contributed by atoms with Crippen molar-refractivity contribution in [3.8, 4) is 0 Å². The number of nitrogens with one attached hydrogen (secondary N) is 3. The van der Waals surface area contributed by atoms with E-state index in [-0.39, 0.29) is 17.4 Å². The van der Waals surface area contributed by atoms with Crippen molar-refractivity contribution in [1.82, 2.24) is 5.32 Å². The number of benzene rings is 1. The molecule has 3 amide bonds. The molecule has 0 atom stereocenters. The SMILES string of the molecule is C=C/C(C(=O)Nc1cc(NC(=O)NC2=C/C=C\CC/C(C)=C\2)ccc1C)=C(/C)O. The van der Waals surface area contributed by atoms with Crippen LogP contribution in [0.15, 0.2) is 77.8 Å². The summed E-state index contributed by atoms with van der Waals surface area (Å²) in [5.74, 6) is -0.592. The van der Waals surface area contributed by atoms with Crippen LogP contribution in [0.3, 0.4) is 0 Å². The lowest BCUT2D eigenvalue weighted by Gasteiger charge is -2.13. The van der Waals surface area contributed by atoms with E-state index in [0.717, 1.165) is 18.4 Å². The largest absolute Gasteiger partial charge is 0.512 e. The first-order valence-corrected chi connectivity index (χ1v) is 9.36. The number of allylic oxidation sites excluding steroid dienone is 6. The first kappa shape index (κ1) is 21.8. The number of aryl methyl sites for hydroxylation is 1. The summed E-state index contributed by atoms with van der Waals surface area (Å²) in [5, 5.41) is 17.9. The van der Waals surface area contributed by atoms with Gasteiger partial charge in [-0.1, -0.05) is 36.4 Å². The van der Waals surface area contributed by atoms with Crippen molar-refractivity contribution in [1.29, 1.82) is 0 Å². The number of carbonyl (C=O) groups excluding carboxylic acids is 2. The first-order chi connectivity index (χ1) is 13.8. The van der Waals surface area contributed by atoms with Crippen molar-refractivity contribution in [3.63, 3.8) is 0 Å². The zero-order valence-corrected chi connectivity index (χ0v) is 17.0. The molecule has 1 aliphatic carbocycles. The van der Waals surface area contributed by atoms with E-state index in [0.29, 0.717) is 17.1 Å². The van der Waals surface area contributed by atoms with Crippen molar-refractivity contribution in [2.45, 2.75) is 33.6 Å². The van der Waals surface area contributed by atoms with Gasteiger partial charge in [0, 0.05) is 17.1 Å². The molecule has 0 saturated heterocycles. The molecule has 0 bridgehead atoms. The van der Waals surface area contributed by atoms with Gasteiger partial charge in [0.15, 0.2) is 0 Å². The van der Waals surface area contributed by atoms with Crippen molar-refractivity contribution in [2.75, 3.05) is 10.6 Å². The number of aliphatic hydroxyl groups is 1. The Morgan fingerprint density at radius 2 is 1.93 bits per heavy atom. The van der Waals surface area contributed by atoms with Gasteiger partial charge in [0.05, 0.1) is 5.57 Å². The maximum absolute atomic E-state index is 12.4. The topological polar surface area (TPSA) is 90.5 Å². The molecule has 152 valence electrons. The van der Waals surface area contributed by atoms with Crippen LogP contribution in [-0.2, 0) is 4.79 Å². The minimum absolute atomic E-state index is 0.0898. The van der Waals surface area contributed by atoms with Crippen molar-refractivity contribution < 1.29 is 14.7 Å². The zero-order chi connectivity index (χ0) is 21.4. The Labute approximate surface area is 171 Å². The van der Waals surface area contributed by atoms with Gasteiger partial charge in [-0.05, 0) is 63.5 Å². The number of carbonyl (C=O) groups is 2. The molecule has 0 radical (unpaired) electrons. The van der Waals surface area contributed by atoms with Crippen LogP contribution in [0, 0.1) is 6.92 Å². The van der Waals surface area contributed by atoms with Crippen LogP contribution < -0.4 is 16.0 Å². The molecule has 4 N–H and O–H groups in total. The minimum atomic E-state index is -0.475. The van der Waals surface area contributed by atoms with E-state index in [1.807, 2.05) is 32.1 Å². The van der Waals surface area contributed by atoms with Gasteiger partial charge in [0.2, 0.25) is 0 Å². The van der Waals surface area contributed by atoms with E-state index < -0.39 is 5.91 Å². The second-order valence-electron chi connectivity index (χ2n) is 6.85. The number of hydrogen-bond donors (Lipinski definition) is 4. The highest BCUT2D eigenvalue weighted by molar-refractivity contribution is 6.06. The molecular weight excluding hydrogens is 366 g/mol. The van der Waals surface area contributed by atoms with E-state index in [1.165, 1.54) is 18.6 Å². The number of hydrogen-bond acceptors (Lipinski definition) is 3.